The minimum absolute atomic E-state index is 0.0126. The lowest BCUT2D eigenvalue weighted by Crippen LogP contribution is -2.31. The van der Waals surface area contributed by atoms with Gasteiger partial charge in [-0.1, -0.05) is 12.1 Å². The third-order valence-electron chi connectivity index (χ3n) is 6.11. The van der Waals surface area contributed by atoms with E-state index in [2.05, 4.69) is 20.5 Å². The second kappa shape index (κ2) is 12.8. The van der Waals surface area contributed by atoms with Crippen molar-refractivity contribution in [2.75, 3.05) is 26.7 Å². The fourth-order valence-electron chi connectivity index (χ4n) is 4.15. The molecule has 0 saturated heterocycles. The van der Waals surface area contributed by atoms with Gasteiger partial charge in [-0.05, 0) is 61.9 Å². The number of nitrogens with one attached hydrogen (secondary N) is 2. The minimum atomic E-state index is -0.486. The highest BCUT2D eigenvalue weighted by molar-refractivity contribution is 5.94. The molecule has 0 radical (unpaired) electrons. The molecule has 9 heteroatoms. The number of pyridine rings is 1. The molecular weight excluding hydrogens is 475 g/mol. The fraction of sp³-hybridized carbons (Fsp3) is 0.321. The van der Waals surface area contributed by atoms with Crippen molar-refractivity contribution < 1.29 is 23.5 Å². The van der Waals surface area contributed by atoms with Crippen LogP contribution < -0.4 is 20.1 Å². The molecule has 2 amide bonds. The first-order valence-corrected chi connectivity index (χ1v) is 12.3. The van der Waals surface area contributed by atoms with E-state index in [1.165, 1.54) is 19.2 Å². The summed E-state index contributed by atoms with van der Waals surface area (Å²) in [6.45, 7) is 2.54. The van der Waals surface area contributed by atoms with Crippen LogP contribution >= 0.6 is 0 Å². The van der Waals surface area contributed by atoms with E-state index in [9.17, 15) is 14.0 Å². The van der Waals surface area contributed by atoms with Gasteiger partial charge in [0, 0.05) is 49.9 Å². The van der Waals surface area contributed by atoms with E-state index in [4.69, 9.17) is 9.47 Å². The third-order valence-corrected chi connectivity index (χ3v) is 6.11. The number of ether oxygens (including phenoxy) is 2. The highest BCUT2D eigenvalue weighted by Crippen LogP contribution is 2.34. The number of hydrogen-bond acceptors (Lipinski definition) is 6. The van der Waals surface area contributed by atoms with Crippen molar-refractivity contribution in [3.05, 3.63) is 83.4 Å². The first kappa shape index (κ1) is 26.1. The molecule has 2 aliphatic rings. The predicted octanol–water partition coefficient (Wildman–Crippen LogP) is 4.05. The summed E-state index contributed by atoms with van der Waals surface area (Å²) in [6.07, 6.45) is 3.42. The predicted molar refractivity (Wildman–Crippen MR) is 137 cm³/mol. The van der Waals surface area contributed by atoms with Crippen molar-refractivity contribution in [1.29, 1.82) is 0 Å². The maximum atomic E-state index is 14.7. The molecule has 194 valence electrons. The van der Waals surface area contributed by atoms with Gasteiger partial charge in [0.2, 0.25) is 5.91 Å². The van der Waals surface area contributed by atoms with Gasteiger partial charge in [0.1, 0.15) is 11.6 Å². The Hall–Kier alpha value is -3.98. The average molecular weight is 507 g/mol. The fourth-order valence-corrected chi connectivity index (χ4v) is 4.15. The first-order chi connectivity index (χ1) is 18.0. The highest BCUT2D eigenvalue weighted by atomic mass is 19.1. The summed E-state index contributed by atoms with van der Waals surface area (Å²) in [5.74, 6) is 0.0569. The highest BCUT2D eigenvalue weighted by Gasteiger charge is 2.17. The summed E-state index contributed by atoms with van der Waals surface area (Å²) >= 11 is 0. The number of fused-ring (bicyclic) bond motifs is 13. The van der Waals surface area contributed by atoms with Crippen molar-refractivity contribution in [3.8, 4) is 17.2 Å². The monoisotopic (exact) mass is 506 g/mol. The number of rotatable bonds is 3. The molecule has 2 aromatic carbocycles. The second-order valence-electron chi connectivity index (χ2n) is 8.77. The summed E-state index contributed by atoms with van der Waals surface area (Å²) in [7, 11) is 1.47. The zero-order valence-corrected chi connectivity index (χ0v) is 20.8. The van der Waals surface area contributed by atoms with E-state index >= 15 is 0 Å². The number of hydrogen-bond donors (Lipinski definition) is 2. The molecule has 0 atom stereocenters. The number of amides is 2. The van der Waals surface area contributed by atoms with E-state index < -0.39 is 5.82 Å². The SMILES string of the molecule is COc1cc2ccc1Oc1cccc(F)c1CNC(=O)CCCN(Cc1ccccn1)CCCNC2=O. The van der Waals surface area contributed by atoms with Crippen LogP contribution in [0.15, 0.2) is 60.8 Å². The van der Waals surface area contributed by atoms with Gasteiger partial charge in [-0.25, -0.2) is 4.39 Å². The van der Waals surface area contributed by atoms with E-state index in [0.717, 1.165) is 18.7 Å². The smallest absolute Gasteiger partial charge is 0.251 e. The van der Waals surface area contributed by atoms with E-state index in [-0.39, 0.29) is 29.7 Å². The molecule has 0 aliphatic carbocycles. The maximum absolute atomic E-state index is 14.7. The molecule has 2 bridgehead atoms. The Balaban J connectivity index is 1.56. The molecule has 3 heterocycles. The van der Waals surface area contributed by atoms with Gasteiger partial charge in [-0.2, -0.15) is 0 Å². The summed E-state index contributed by atoms with van der Waals surface area (Å²) in [4.78, 5) is 31.9. The molecule has 2 aliphatic heterocycles. The Bertz CT molecular complexity index is 1220. The Morgan fingerprint density at radius 2 is 1.89 bits per heavy atom. The quantitative estimate of drug-likeness (QED) is 0.557. The molecule has 0 saturated carbocycles. The Labute approximate surface area is 215 Å². The lowest BCUT2D eigenvalue weighted by molar-refractivity contribution is -0.121. The van der Waals surface area contributed by atoms with Crippen molar-refractivity contribution in [2.45, 2.75) is 32.4 Å². The number of aromatic nitrogens is 1. The second-order valence-corrected chi connectivity index (χ2v) is 8.77. The van der Waals surface area contributed by atoms with Crippen molar-refractivity contribution in [3.63, 3.8) is 0 Å². The van der Waals surface area contributed by atoms with Gasteiger partial charge in [0.15, 0.2) is 11.5 Å². The van der Waals surface area contributed by atoms with Crippen LogP contribution in [0.1, 0.15) is 40.9 Å². The zero-order chi connectivity index (χ0) is 26.0. The Morgan fingerprint density at radius 3 is 2.70 bits per heavy atom. The van der Waals surface area contributed by atoms with Gasteiger partial charge >= 0.3 is 0 Å². The normalized spacial score (nSPS) is 15.8. The summed E-state index contributed by atoms with van der Waals surface area (Å²) in [5.41, 5.74) is 1.60. The molecular formula is C28H31FN4O4. The van der Waals surface area contributed by atoms with Crippen LogP contribution in [0.2, 0.25) is 0 Å². The molecule has 8 nitrogen and oxygen atoms in total. The largest absolute Gasteiger partial charge is 0.493 e. The molecule has 3 aromatic rings. The Morgan fingerprint density at radius 1 is 1.03 bits per heavy atom. The molecule has 2 N–H and O–H groups in total. The number of nitrogens with zero attached hydrogens (tertiary/aromatic N) is 2. The molecule has 37 heavy (non-hydrogen) atoms. The van der Waals surface area contributed by atoms with Gasteiger partial charge in [0.25, 0.3) is 5.91 Å². The third kappa shape index (κ3) is 7.27. The number of benzene rings is 2. The van der Waals surface area contributed by atoms with E-state index in [1.54, 1.807) is 30.5 Å². The maximum Gasteiger partial charge on any atom is 0.251 e. The number of halogens is 1. The number of carbonyl (C=O) groups excluding carboxylic acids is 2. The van der Waals surface area contributed by atoms with Crippen LogP contribution in [0.25, 0.3) is 0 Å². The van der Waals surface area contributed by atoms with Crippen LogP contribution in [0.3, 0.4) is 0 Å². The first-order valence-electron chi connectivity index (χ1n) is 12.3. The lowest BCUT2D eigenvalue weighted by Gasteiger charge is -2.22. The molecule has 0 fully saturated rings. The molecule has 1 aromatic heterocycles. The van der Waals surface area contributed by atoms with Gasteiger partial charge in [-0.15, -0.1) is 0 Å². The van der Waals surface area contributed by atoms with Crippen LogP contribution in [-0.4, -0.2) is 48.4 Å². The van der Waals surface area contributed by atoms with Gasteiger partial charge < -0.3 is 20.1 Å². The topological polar surface area (TPSA) is 92.8 Å². The minimum Gasteiger partial charge on any atom is -0.493 e. The van der Waals surface area contributed by atoms with Gasteiger partial charge in [-0.3, -0.25) is 19.5 Å². The zero-order valence-electron chi connectivity index (χ0n) is 20.8. The molecule has 5 rings (SSSR count). The molecule has 0 unspecified atom stereocenters. The average Bonchev–Trinajstić information content (AvgIpc) is 2.91. The standard InChI is InChI=1S/C28H31FN4O4/c1-36-26-17-20-11-12-25(26)37-24-9-4-8-23(29)22(24)18-32-27(34)10-5-15-33(16-6-14-31-28(20)35)19-21-7-2-3-13-30-21/h2-4,7-9,11-13,17H,5-6,10,14-16,18-19H2,1H3,(H,31,35)(H,32,34). The van der Waals surface area contributed by atoms with Crippen LogP contribution in [-0.2, 0) is 17.9 Å². The van der Waals surface area contributed by atoms with Crippen LogP contribution in [0, 0.1) is 5.82 Å². The Kier molecular flexibility index (Phi) is 9.04. The van der Waals surface area contributed by atoms with Crippen molar-refractivity contribution in [1.82, 2.24) is 20.5 Å². The summed E-state index contributed by atoms with van der Waals surface area (Å²) < 4.78 is 26.1. The van der Waals surface area contributed by atoms with E-state index in [0.29, 0.717) is 49.5 Å². The number of methoxy groups -OCH3 is 1. The summed E-state index contributed by atoms with van der Waals surface area (Å²) in [6, 6.07) is 15.1. The van der Waals surface area contributed by atoms with Crippen LogP contribution in [0.4, 0.5) is 4.39 Å². The number of carbonyl (C=O) groups is 2. The lowest BCUT2D eigenvalue weighted by atomic mass is 10.1. The van der Waals surface area contributed by atoms with Crippen LogP contribution in [0.5, 0.6) is 17.2 Å². The summed E-state index contributed by atoms with van der Waals surface area (Å²) in [5, 5.41) is 5.76. The molecule has 0 spiro atoms. The van der Waals surface area contributed by atoms with E-state index in [1.807, 2.05) is 18.2 Å². The van der Waals surface area contributed by atoms with Gasteiger partial charge in [0.05, 0.1) is 12.8 Å². The van der Waals surface area contributed by atoms with Crippen molar-refractivity contribution >= 4 is 11.8 Å². The van der Waals surface area contributed by atoms with Crippen molar-refractivity contribution in [2.24, 2.45) is 0 Å².